The topological polar surface area (TPSA) is 55.1 Å². The fourth-order valence-electron chi connectivity index (χ4n) is 1.75. The van der Waals surface area contributed by atoms with Gasteiger partial charge in [0.15, 0.2) is 0 Å². The molecule has 0 atom stereocenters. The highest BCUT2D eigenvalue weighted by atomic mass is 32.1. The van der Waals surface area contributed by atoms with Crippen LogP contribution in [0.25, 0.3) is 0 Å². The van der Waals surface area contributed by atoms with Crippen LogP contribution in [0.4, 0.5) is 11.4 Å². The van der Waals surface area contributed by atoms with Crippen LogP contribution in [0.5, 0.6) is 0 Å². The quantitative estimate of drug-likeness (QED) is 0.799. The Hall–Kier alpha value is -1.81. The first-order valence-corrected chi connectivity index (χ1v) is 6.17. The monoisotopic (exact) mass is 246 g/mol. The average molecular weight is 246 g/mol. The molecule has 88 valence electrons. The predicted molar refractivity (Wildman–Crippen MR) is 72.6 cm³/mol. The van der Waals surface area contributed by atoms with Gasteiger partial charge in [-0.2, -0.15) is 0 Å². The maximum absolute atomic E-state index is 11.9. The Morgan fingerprint density at radius 3 is 2.71 bits per heavy atom. The molecule has 1 aromatic heterocycles. The Balaban J connectivity index is 2.28. The fourth-order valence-corrected chi connectivity index (χ4v) is 2.37. The third-order valence-corrected chi connectivity index (χ3v) is 3.36. The summed E-state index contributed by atoms with van der Waals surface area (Å²) >= 11 is 1.41. The predicted octanol–water partition coefficient (Wildman–Crippen LogP) is 3.20. The highest BCUT2D eigenvalue weighted by Gasteiger charge is 2.11. The molecular weight excluding hydrogens is 232 g/mol. The molecule has 4 heteroatoms. The van der Waals surface area contributed by atoms with Crippen LogP contribution in [0.2, 0.25) is 0 Å². The smallest absolute Gasteiger partial charge is 0.265 e. The number of carbonyl (C=O) groups is 1. The maximum Gasteiger partial charge on any atom is 0.265 e. The summed E-state index contributed by atoms with van der Waals surface area (Å²) in [4.78, 5) is 12.6. The lowest BCUT2D eigenvalue weighted by molar-refractivity contribution is 0.103. The van der Waals surface area contributed by atoms with Crippen LogP contribution in [-0.2, 0) is 0 Å². The van der Waals surface area contributed by atoms with Gasteiger partial charge < -0.3 is 11.1 Å². The van der Waals surface area contributed by atoms with Gasteiger partial charge in [-0.3, -0.25) is 4.79 Å². The lowest BCUT2D eigenvalue weighted by atomic mass is 10.1. The molecule has 0 aliphatic carbocycles. The van der Waals surface area contributed by atoms with Crippen LogP contribution in [0, 0.1) is 13.8 Å². The molecule has 0 aliphatic rings. The zero-order valence-electron chi connectivity index (χ0n) is 9.78. The number of benzene rings is 1. The minimum absolute atomic E-state index is 0.112. The molecule has 1 aromatic carbocycles. The van der Waals surface area contributed by atoms with E-state index >= 15 is 0 Å². The van der Waals surface area contributed by atoms with Gasteiger partial charge in [-0.25, -0.2) is 0 Å². The molecule has 17 heavy (non-hydrogen) atoms. The number of nitrogens with one attached hydrogen (secondary N) is 1. The van der Waals surface area contributed by atoms with Crippen LogP contribution in [0.15, 0.2) is 29.6 Å². The van der Waals surface area contributed by atoms with Crippen molar-refractivity contribution >= 4 is 28.6 Å². The maximum atomic E-state index is 11.9. The molecule has 0 unspecified atom stereocenters. The molecule has 2 aromatic rings. The summed E-state index contributed by atoms with van der Waals surface area (Å²) in [6.07, 6.45) is 0. The summed E-state index contributed by atoms with van der Waals surface area (Å²) in [6, 6.07) is 7.50. The summed E-state index contributed by atoms with van der Waals surface area (Å²) in [7, 11) is 0. The third kappa shape index (κ3) is 2.47. The third-order valence-electron chi connectivity index (χ3n) is 2.49. The first kappa shape index (κ1) is 11.7. The van der Waals surface area contributed by atoms with Crippen molar-refractivity contribution in [2.24, 2.45) is 0 Å². The number of nitrogens with two attached hydrogens (primary N) is 1. The first-order chi connectivity index (χ1) is 8.08. The molecule has 3 nitrogen and oxygen atoms in total. The summed E-state index contributed by atoms with van der Waals surface area (Å²) in [5.74, 6) is -0.112. The van der Waals surface area contributed by atoms with Crippen molar-refractivity contribution in [3.05, 3.63) is 45.6 Å². The van der Waals surface area contributed by atoms with E-state index in [9.17, 15) is 4.79 Å². The van der Waals surface area contributed by atoms with Crippen molar-refractivity contribution in [1.82, 2.24) is 0 Å². The summed E-state index contributed by atoms with van der Waals surface area (Å²) in [5, 5.41) is 4.73. The average Bonchev–Trinajstić information content (AvgIpc) is 2.76. The normalized spacial score (nSPS) is 10.2. The molecule has 1 amide bonds. The standard InChI is InChI=1S/C13H14N2OS/c1-8-6-9(2)12(10(14)7-8)15-13(16)11-4-3-5-17-11/h3-7H,14H2,1-2H3,(H,15,16). The molecule has 0 aliphatic heterocycles. The van der Waals surface area contributed by atoms with Gasteiger partial charge in [-0.05, 0) is 42.5 Å². The molecule has 3 N–H and O–H groups in total. The Bertz CT molecular complexity index is 524. The number of anilines is 2. The second kappa shape index (κ2) is 4.59. The van der Waals surface area contributed by atoms with Crippen LogP contribution in [0.3, 0.4) is 0 Å². The number of amides is 1. The number of rotatable bonds is 2. The van der Waals surface area contributed by atoms with Gasteiger partial charge in [0.25, 0.3) is 5.91 Å². The van der Waals surface area contributed by atoms with E-state index in [4.69, 9.17) is 5.73 Å². The molecule has 0 saturated heterocycles. The van der Waals surface area contributed by atoms with Crippen molar-refractivity contribution in [2.45, 2.75) is 13.8 Å². The molecule has 0 bridgehead atoms. The van der Waals surface area contributed by atoms with E-state index in [-0.39, 0.29) is 5.91 Å². The van der Waals surface area contributed by atoms with E-state index in [0.717, 1.165) is 11.1 Å². The Labute approximate surface area is 104 Å². The zero-order chi connectivity index (χ0) is 12.4. The Morgan fingerprint density at radius 1 is 1.35 bits per heavy atom. The van der Waals surface area contributed by atoms with Crippen LogP contribution in [0.1, 0.15) is 20.8 Å². The molecule has 0 saturated carbocycles. The van der Waals surface area contributed by atoms with Gasteiger partial charge in [-0.1, -0.05) is 12.1 Å². The van der Waals surface area contributed by atoms with Gasteiger partial charge in [0.1, 0.15) is 0 Å². The molecule has 2 rings (SSSR count). The zero-order valence-corrected chi connectivity index (χ0v) is 10.6. The second-order valence-corrected chi connectivity index (χ2v) is 4.93. The van der Waals surface area contributed by atoms with E-state index in [2.05, 4.69) is 5.32 Å². The molecular formula is C13H14N2OS. The minimum atomic E-state index is -0.112. The number of aryl methyl sites for hydroxylation is 2. The molecule has 1 heterocycles. The Kier molecular flexibility index (Phi) is 3.15. The van der Waals surface area contributed by atoms with E-state index in [0.29, 0.717) is 16.3 Å². The number of nitrogen functional groups attached to an aromatic ring is 1. The Morgan fingerprint density at radius 2 is 2.12 bits per heavy atom. The summed E-state index contributed by atoms with van der Waals surface area (Å²) in [6.45, 7) is 3.92. The molecule has 0 fully saturated rings. The van der Waals surface area contributed by atoms with Crippen molar-refractivity contribution in [2.75, 3.05) is 11.1 Å². The van der Waals surface area contributed by atoms with Crippen molar-refractivity contribution in [3.8, 4) is 0 Å². The van der Waals surface area contributed by atoms with Crippen LogP contribution >= 0.6 is 11.3 Å². The first-order valence-electron chi connectivity index (χ1n) is 5.29. The van der Waals surface area contributed by atoms with E-state index in [1.54, 1.807) is 6.07 Å². The highest BCUT2D eigenvalue weighted by molar-refractivity contribution is 7.12. The van der Waals surface area contributed by atoms with Gasteiger partial charge in [0, 0.05) is 0 Å². The number of hydrogen-bond donors (Lipinski definition) is 2. The van der Waals surface area contributed by atoms with Gasteiger partial charge in [0.05, 0.1) is 16.3 Å². The van der Waals surface area contributed by atoms with Crippen LogP contribution in [-0.4, -0.2) is 5.91 Å². The SMILES string of the molecule is Cc1cc(C)c(NC(=O)c2cccs2)c(N)c1. The van der Waals surface area contributed by atoms with Gasteiger partial charge in [0.2, 0.25) is 0 Å². The largest absolute Gasteiger partial charge is 0.397 e. The minimum Gasteiger partial charge on any atom is -0.397 e. The lowest BCUT2D eigenvalue weighted by Crippen LogP contribution is -2.13. The van der Waals surface area contributed by atoms with E-state index < -0.39 is 0 Å². The molecule has 0 spiro atoms. The fraction of sp³-hybridized carbons (Fsp3) is 0.154. The van der Waals surface area contributed by atoms with Crippen molar-refractivity contribution in [1.29, 1.82) is 0 Å². The van der Waals surface area contributed by atoms with E-state index in [1.165, 1.54) is 11.3 Å². The lowest BCUT2D eigenvalue weighted by Gasteiger charge is -2.11. The van der Waals surface area contributed by atoms with Crippen molar-refractivity contribution < 1.29 is 4.79 Å². The highest BCUT2D eigenvalue weighted by Crippen LogP contribution is 2.25. The van der Waals surface area contributed by atoms with E-state index in [1.807, 2.05) is 37.4 Å². The summed E-state index contributed by atoms with van der Waals surface area (Å²) < 4.78 is 0. The number of carbonyl (C=O) groups excluding carboxylic acids is 1. The van der Waals surface area contributed by atoms with Gasteiger partial charge >= 0.3 is 0 Å². The molecule has 0 radical (unpaired) electrons. The van der Waals surface area contributed by atoms with Crippen molar-refractivity contribution in [3.63, 3.8) is 0 Å². The number of thiophene rings is 1. The summed E-state index contributed by atoms with van der Waals surface area (Å²) in [5.41, 5.74) is 9.29. The number of hydrogen-bond acceptors (Lipinski definition) is 3. The second-order valence-electron chi connectivity index (χ2n) is 3.98. The van der Waals surface area contributed by atoms with Crippen LogP contribution < -0.4 is 11.1 Å². The van der Waals surface area contributed by atoms with Gasteiger partial charge in [-0.15, -0.1) is 11.3 Å².